The van der Waals surface area contributed by atoms with E-state index < -0.39 is 6.10 Å². The molecule has 1 aliphatic rings. The molecule has 3 unspecified atom stereocenters. The lowest BCUT2D eigenvalue weighted by Gasteiger charge is -2.40. The number of rotatable bonds is 6. The molecule has 0 spiro atoms. The highest BCUT2D eigenvalue weighted by atomic mass is 16.5. The Morgan fingerprint density at radius 2 is 2.24 bits per heavy atom. The van der Waals surface area contributed by atoms with Crippen molar-refractivity contribution in [1.82, 2.24) is 10.2 Å². The molecule has 0 bridgehead atoms. The van der Waals surface area contributed by atoms with Gasteiger partial charge in [0, 0.05) is 18.6 Å². The van der Waals surface area contributed by atoms with E-state index in [9.17, 15) is 5.11 Å². The summed E-state index contributed by atoms with van der Waals surface area (Å²) in [6, 6.07) is 8.68. The molecule has 1 aromatic carbocycles. The second-order valence-corrected chi connectivity index (χ2v) is 5.93. The summed E-state index contributed by atoms with van der Waals surface area (Å²) in [5, 5.41) is 13.9. The summed E-state index contributed by atoms with van der Waals surface area (Å²) in [6.45, 7) is 3.97. The molecule has 1 aliphatic heterocycles. The summed E-state index contributed by atoms with van der Waals surface area (Å²) in [5.74, 6) is 0.797. The van der Waals surface area contributed by atoms with Crippen LogP contribution in [0, 0.1) is 0 Å². The van der Waals surface area contributed by atoms with Crippen molar-refractivity contribution < 1.29 is 9.84 Å². The average molecular weight is 292 g/mol. The fourth-order valence-electron chi connectivity index (χ4n) is 3.18. The highest BCUT2D eigenvalue weighted by Gasteiger charge is 2.28. The molecule has 0 radical (unpaired) electrons. The van der Waals surface area contributed by atoms with Crippen molar-refractivity contribution in [2.24, 2.45) is 0 Å². The third kappa shape index (κ3) is 4.19. The number of piperidine rings is 1. The van der Waals surface area contributed by atoms with Crippen LogP contribution in [0.4, 0.5) is 0 Å². The Morgan fingerprint density at radius 1 is 1.43 bits per heavy atom. The molecule has 1 aromatic rings. The maximum atomic E-state index is 10.5. The number of hydrogen-bond acceptors (Lipinski definition) is 4. The molecular weight excluding hydrogens is 264 g/mol. The maximum Gasteiger partial charge on any atom is 0.119 e. The number of aliphatic hydroxyl groups is 1. The lowest BCUT2D eigenvalue weighted by molar-refractivity contribution is 0.0552. The SMILES string of the molecule is CNC(C)C1CCCCN1CC(O)c1cccc(OC)c1. The quantitative estimate of drug-likeness (QED) is 0.843. The molecular formula is C17H28N2O2. The molecule has 0 aliphatic carbocycles. The molecule has 0 amide bonds. The van der Waals surface area contributed by atoms with Gasteiger partial charge in [0.15, 0.2) is 0 Å². The number of hydrogen-bond donors (Lipinski definition) is 2. The normalized spacial score (nSPS) is 22.8. The van der Waals surface area contributed by atoms with Gasteiger partial charge in [-0.2, -0.15) is 0 Å². The average Bonchev–Trinajstić information content (AvgIpc) is 2.54. The summed E-state index contributed by atoms with van der Waals surface area (Å²) in [6.07, 6.45) is 3.23. The number of β-amino-alcohol motifs (C(OH)–C–C–N with tert-alkyl or cyclic N) is 1. The van der Waals surface area contributed by atoms with Crippen molar-refractivity contribution in [1.29, 1.82) is 0 Å². The fraction of sp³-hybridized carbons (Fsp3) is 0.647. The minimum Gasteiger partial charge on any atom is -0.497 e. The molecule has 3 atom stereocenters. The maximum absolute atomic E-state index is 10.5. The lowest BCUT2D eigenvalue weighted by Crippen LogP contribution is -2.51. The highest BCUT2D eigenvalue weighted by molar-refractivity contribution is 5.30. The van der Waals surface area contributed by atoms with Crippen molar-refractivity contribution in [3.8, 4) is 5.75 Å². The smallest absolute Gasteiger partial charge is 0.119 e. The molecule has 2 N–H and O–H groups in total. The second-order valence-electron chi connectivity index (χ2n) is 5.93. The third-order valence-corrected chi connectivity index (χ3v) is 4.58. The van der Waals surface area contributed by atoms with E-state index >= 15 is 0 Å². The Kier molecular flexibility index (Phi) is 6.03. The van der Waals surface area contributed by atoms with Crippen LogP contribution in [0.3, 0.4) is 0 Å². The minimum atomic E-state index is -0.468. The zero-order valence-electron chi connectivity index (χ0n) is 13.4. The van der Waals surface area contributed by atoms with Gasteiger partial charge >= 0.3 is 0 Å². The Labute approximate surface area is 128 Å². The summed E-state index contributed by atoms with van der Waals surface area (Å²) >= 11 is 0. The molecule has 0 saturated carbocycles. The first-order valence-electron chi connectivity index (χ1n) is 7.89. The van der Waals surface area contributed by atoms with E-state index in [-0.39, 0.29) is 0 Å². The molecule has 21 heavy (non-hydrogen) atoms. The second kappa shape index (κ2) is 7.78. The van der Waals surface area contributed by atoms with Crippen molar-refractivity contribution in [3.05, 3.63) is 29.8 Å². The molecule has 1 heterocycles. The Hall–Kier alpha value is -1.10. The van der Waals surface area contributed by atoms with Crippen LogP contribution in [0.15, 0.2) is 24.3 Å². The Balaban J connectivity index is 2.03. The van der Waals surface area contributed by atoms with E-state index in [4.69, 9.17) is 4.74 Å². The molecule has 1 saturated heterocycles. The van der Waals surface area contributed by atoms with E-state index in [0.717, 1.165) is 17.9 Å². The van der Waals surface area contributed by atoms with E-state index in [1.54, 1.807) is 7.11 Å². The predicted molar refractivity (Wildman–Crippen MR) is 85.7 cm³/mol. The van der Waals surface area contributed by atoms with Gasteiger partial charge in [-0.1, -0.05) is 18.6 Å². The largest absolute Gasteiger partial charge is 0.497 e. The zero-order valence-corrected chi connectivity index (χ0v) is 13.4. The van der Waals surface area contributed by atoms with Crippen molar-refractivity contribution in [2.45, 2.75) is 44.4 Å². The van der Waals surface area contributed by atoms with Crippen LogP contribution >= 0.6 is 0 Å². The summed E-state index contributed by atoms with van der Waals surface area (Å²) in [7, 11) is 3.66. The first-order valence-corrected chi connectivity index (χ1v) is 7.89. The van der Waals surface area contributed by atoms with Crippen LogP contribution in [0.5, 0.6) is 5.75 Å². The van der Waals surface area contributed by atoms with Gasteiger partial charge in [-0.25, -0.2) is 0 Å². The highest BCUT2D eigenvalue weighted by Crippen LogP contribution is 2.25. The van der Waals surface area contributed by atoms with Gasteiger partial charge in [-0.3, -0.25) is 4.90 Å². The number of likely N-dealkylation sites (tertiary alicyclic amines) is 1. The van der Waals surface area contributed by atoms with Crippen LogP contribution in [-0.4, -0.2) is 49.3 Å². The number of likely N-dealkylation sites (N-methyl/N-ethyl adjacent to an activating group) is 1. The van der Waals surface area contributed by atoms with Gasteiger partial charge in [-0.15, -0.1) is 0 Å². The first kappa shape index (κ1) is 16.3. The Morgan fingerprint density at radius 3 is 2.95 bits per heavy atom. The van der Waals surface area contributed by atoms with Gasteiger partial charge in [0.1, 0.15) is 5.75 Å². The van der Waals surface area contributed by atoms with E-state index in [0.29, 0.717) is 18.6 Å². The summed E-state index contributed by atoms with van der Waals surface area (Å²) in [5.41, 5.74) is 0.927. The standard InChI is InChI=1S/C17H28N2O2/c1-13(18-2)16-9-4-5-10-19(16)12-17(20)14-7-6-8-15(11-14)21-3/h6-8,11,13,16-18,20H,4-5,9-10,12H2,1-3H3. The number of nitrogens with zero attached hydrogens (tertiary/aromatic N) is 1. The summed E-state index contributed by atoms with van der Waals surface area (Å²) in [4.78, 5) is 2.43. The van der Waals surface area contributed by atoms with Crippen LogP contribution in [0.1, 0.15) is 37.9 Å². The molecule has 118 valence electrons. The molecule has 0 aromatic heterocycles. The number of benzene rings is 1. The third-order valence-electron chi connectivity index (χ3n) is 4.58. The lowest BCUT2D eigenvalue weighted by atomic mass is 9.95. The predicted octanol–water partition coefficient (Wildman–Crippen LogP) is 2.19. The monoisotopic (exact) mass is 292 g/mol. The number of methoxy groups -OCH3 is 1. The van der Waals surface area contributed by atoms with Gasteiger partial charge in [0.05, 0.1) is 13.2 Å². The fourth-order valence-corrected chi connectivity index (χ4v) is 3.18. The molecule has 4 heteroatoms. The molecule has 2 rings (SSSR count). The number of nitrogens with one attached hydrogen (secondary N) is 1. The molecule has 4 nitrogen and oxygen atoms in total. The number of aliphatic hydroxyl groups excluding tert-OH is 1. The van der Waals surface area contributed by atoms with Gasteiger partial charge < -0.3 is 15.2 Å². The van der Waals surface area contributed by atoms with Gasteiger partial charge in [0.25, 0.3) is 0 Å². The van der Waals surface area contributed by atoms with Gasteiger partial charge in [0.2, 0.25) is 0 Å². The van der Waals surface area contributed by atoms with Crippen LogP contribution in [-0.2, 0) is 0 Å². The van der Waals surface area contributed by atoms with Crippen molar-refractivity contribution in [2.75, 3.05) is 27.2 Å². The summed E-state index contributed by atoms with van der Waals surface area (Å²) < 4.78 is 5.24. The topological polar surface area (TPSA) is 44.7 Å². The number of ether oxygens (including phenoxy) is 1. The van der Waals surface area contributed by atoms with Crippen molar-refractivity contribution >= 4 is 0 Å². The van der Waals surface area contributed by atoms with Gasteiger partial charge in [-0.05, 0) is 51.1 Å². The minimum absolute atomic E-state index is 0.447. The van der Waals surface area contributed by atoms with E-state index in [1.807, 2.05) is 31.3 Å². The van der Waals surface area contributed by atoms with E-state index in [1.165, 1.54) is 19.3 Å². The van der Waals surface area contributed by atoms with Crippen LogP contribution < -0.4 is 10.1 Å². The van der Waals surface area contributed by atoms with Crippen LogP contribution in [0.2, 0.25) is 0 Å². The first-order chi connectivity index (χ1) is 10.2. The van der Waals surface area contributed by atoms with Crippen LogP contribution in [0.25, 0.3) is 0 Å². The molecule has 1 fully saturated rings. The van der Waals surface area contributed by atoms with E-state index in [2.05, 4.69) is 17.1 Å². The zero-order chi connectivity index (χ0) is 15.2. The Bertz CT molecular complexity index is 439. The van der Waals surface area contributed by atoms with Crippen molar-refractivity contribution in [3.63, 3.8) is 0 Å².